The van der Waals surface area contributed by atoms with E-state index in [-0.39, 0.29) is 11.7 Å². The molecule has 1 aliphatic rings. The molecule has 0 spiro atoms. The first-order chi connectivity index (χ1) is 14.7. The van der Waals surface area contributed by atoms with Crippen LogP contribution in [0.4, 0.5) is 5.69 Å². The molecular weight excluding hydrogens is 416 g/mol. The smallest absolute Gasteiger partial charge is 0.244 e. The molecule has 168 valence electrons. The Kier molecular flexibility index (Phi) is 6.79. The summed E-state index contributed by atoms with van der Waals surface area (Å²) in [4.78, 5) is 13.1. The van der Waals surface area contributed by atoms with E-state index in [4.69, 9.17) is 9.47 Å². The second-order valence-electron chi connectivity index (χ2n) is 7.88. The molecular formula is C23H30N2O5S. The Morgan fingerprint density at radius 2 is 1.74 bits per heavy atom. The summed E-state index contributed by atoms with van der Waals surface area (Å²) in [5.74, 6) is 0.393. The number of anilines is 1. The average Bonchev–Trinajstić information content (AvgIpc) is 3.20. The third kappa shape index (κ3) is 4.95. The van der Waals surface area contributed by atoms with Gasteiger partial charge < -0.3 is 14.8 Å². The maximum absolute atomic E-state index is 13.1. The van der Waals surface area contributed by atoms with Crippen molar-refractivity contribution in [3.63, 3.8) is 0 Å². The molecule has 0 saturated carbocycles. The van der Waals surface area contributed by atoms with E-state index in [1.54, 1.807) is 25.1 Å². The molecule has 7 nitrogen and oxygen atoms in total. The maximum Gasteiger partial charge on any atom is 0.244 e. The molecule has 2 aromatic rings. The van der Waals surface area contributed by atoms with Crippen LogP contribution in [0.3, 0.4) is 0 Å². The van der Waals surface area contributed by atoms with Crippen molar-refractivity contribution in [1.29, 1.82) is 0 Å². The van der Waals surface area contributed by atoms with Crippen LogP contribution >= 0.6 is 0 Å². The molecule has 0 bridgehead atoms. The summed E-state index contributed by atoms with van der Waals surface area (Å²) >= 11 is 0. The number of nitrogens with zero attached hydrogens (tertiary/aromatic N) is 1. The molecule has 31 heavy (non-hydrogen) atoms. The van der Waals surface area contributed by atoms with Gasteiger partial charge in [-0.15, -0.1) is 0 Å². The summed E-state index contributed by atoms with van der Waals surface area (Å²) in [5.41, 5.74) is 3.94. The number of sulfonamides is 1. The van der Waals surface area contributed by atoms with Crippen molar-refractivity contribution in [3.05, 3.63) is 53.1 Å². The Bertz CT molecular complexity index is 1070. The van der Waals surface area contributed by atoms with E-state index in [9.17, 15) is 13.2 Å². The molecule has 8 heteroatoms. The normalized spacial score (nSPS) is 15.0. The lowest BCUT2D eigenvalue weighted by atomic mass is 10.0. The largest absolute Gasteiger partial charge is 0.497 e. The van der Waals surface area contributed by atoms with Crippen LogP contribution in [0.15, 0.2) is 36.4 Å². The Labute approximate surface area is 184 Å². The van der Waals surface area contributed by atoms with Crippen LogP contribution in [0.1, 0.15) is 43.0 Å². The van der Waals surface area contributed by atoms with Crippen LogP contribution < -0.4 is 19.1 Å². The molecule has 0 radical (unpaired) electrons. The van der Waals surface area contributed by atoms with Crippen LogP contribution in [0.5, 0.6) is 11.5 Å². The Hall–Kier alpha value is -2.74. The lowest BCUT2D eigenvalue weighted by Gasteiger charge is -2.30. The summed E-state index contributed by atoms with van der Waals surface area (Å²) in [6.07, 6.45) is 4.37. The van der Waals surface area contributed by atoms with Crippen molar-refractivity contribution in [2.45, 2.75) is 45.2 Å². The Balaban J connectivity index is 1.87. The number of rotatable bonds is 8. The maximum atomic E-state index is 13.1. The molecule has 1 N–H and O–H groups in total. The first kappa shape index (κ1) is 22.9. The number of carbonyl (C=O) groups excluding carboxylic acids is 1. The molecule has 0 heterocycles. The highest BCUT2D eigenvalue weighted by atomic mass is 32.2. The summed E-state index contributed by atoms with van der Waals surface area (Å²) in [5, 5.41) is 2.96. The molecule has 0 aliphatic heterocycles. The van der Waals surface area contributed by atoms with Crippen LogP contribution in [-0.2, 0) is 27.7 Å². The van der Waals surface area contributed by atoms with Crippen molar-refractivity contribution in [2.24, 2.45) is 0 Å². The van der Waals surface area contributed by atoms with Crippen LogP contribution in [-0.4, -0.2) is 40.8 Å². The second kappa shape index (κ2) is 9.18. The van der Waals surface area contributed by atoms with Crippen LogP contribution in [0.2, 0.25) is 0 Å². The summed E-state index contributed by atoms with van der Waals surface area (Å²) < 4.78 is 37.0. The number of fused-ring (bicyclic) bond motifs is 1. The van der Waals surface area contributed by atoms with E-state index in [1.165, 1.54) is 25.3 Å². The van der Waals surface area contributed by atoms with Gasteiger partial charge >= 0.3 is 0 Å². The third-order valence-corrected chi connectivity index (χ3v) is 6.92. The lowest BCUT2D eigenvalue weighted by Crippen LogP contribution is -2.48. The number of methoxy groups -OCH3 is 2. The zero-order chi connectivity index (χ0) is 22.8. The van der Waals surface area contributed by atoms with Gasteiger partial charge in [-0.1, -0.05) is 18.2 Å². The van der Waals surface area contributed by atoms with Gasteiger partial charge in [-0.25, -0.2) is 8.42 Å². The Morgan fingerprint density at radius 1 is 1.03 bits per heavy atom. The standard InChI is InChI=1S/C23H30N2O5S/c1-15(18-10-9-17-7-6-8-19(17)13-18)24-23(26)16(2)25(31(5,27)28)21-14-20(29-3)11-12-22(21)30-4/h9-16H,6-8H2,1-5H3,(H,24,26)/t15-,16-/m0/s1. The van der Waals surface area contributed by atoms with Crippen LogP contribution in [0.25, 0.3) is 0 Å². The highest BCUT2D eigenvalue weighted by Crippen LogP contribution is 2.35. The molecule has 0 fully saturated rings. The second-order valence-corrected chi connectivity index (χ2v) is 9.74. The molecule has 0 saturated heterocycles. The number of aryl methyl sites for hydroxylation is 2. The van der Waals surface area contributed by atoms with E-state index >= 15 is 0 Å². The molecule has 1 aliphatic carbocycles. The van der Waals surface area contributed by atoms with E-state index in [1.807, 2.05) is 13.0 Å². The van der Waals surface area contributed by atoms with Gasteiger partial charge in [0.25, 0.3) is 0 Å². The minimum Gasteiger partial charge on any atom is -0.497 e. The highest BCUT2D eigenvalue weighted by Gasteiger charge is 2.32. The first-order valence-corrected chi connectivity index (χ1v) is 12.1. The van der Waals surface area contributed by atoms with Gasteiger partial charge in [-0.05, 0) is 61.9 Å². The zero-order valence-corrected chi connectivity index (χ0v) is 19.5. The van der Waals surface area contributed by atoms with Gasteiger partial charge in [0.05, 0.1) is 32.2 Å². The molecule has 1 amide bonds. The number of hydrogen-bond donors (Lipinski definition) is 1. The third-order valence-electron chi connectivity index (χ3n) is 5.69. The lowest BCUT2D eigenvalue weighted by molar-refractivity contribution is -0.122. The summed E-state index contributed by atoms with van der Waals surface area (Å²) in [6.45, 7) is 3.46. The predicted octanol–water partition coefficient (Wildman–Crippen LogP) is 3.22. The molecule has 2 atom stereocenters. The van der Waals surface area contributed by atoms with E-state index in [0.29, 0.717) is 11.5 Å². The minimum atomic E-state index is -3.79. The van der Waals surface area contributed by atoms with Crippen LogP contribution in [0, 0.1) is 0 Å². The van der Waals surface area contributed by atoms with Crippen molar-refractivity contribution < 1.29 is 22.7 Å². The van der Waals surface area contributed by atoms with Gasteiger partial charge in [0.15, 0.2) is 0 Å². The molecule has 0 aromatic heterocycles. The predicted molar refractivity (Wildman–Crippen MR) is 121 cm³/mol. The van der Waals surface area contributed by atoms with E-state index in [2.05, 4.69) is 17.4 Å². The zero-order valence-electron chi connectivity index (χ0n) is 18.6. The topological polar surface area (TPSA) is 84.9 Å². The molecule has 3 rings (SSSR count). The fourth-order valence-electron chi connectivity index (χ4n) is 4.03. The van der Waals surface area contributed by atoms with Crippen molar-refractivity contribution in [3.8, 4) is 11.5 Å². The average molecular weight is 447 g/mol. The van der Waals surface area contributed by atoms with Gasteiger partial charge in [0.1, 0.15) is 17.5 Å². The van der Waals surface area contributed by atoms with E-state index < -0.39 is 22.0 Å². The van der Waals surface area contributed by atoms with Crippen molar-refractivity contribution in [2.75, 3.05) is 24.8 Å². The Morgan fingerprint density at radius 3 is 2.39 bits per heavy atom. The number of carbonyl (C=O) groups is 1. The van der Waals surface area contributed by atoms with Gasteiger partial charge in [0, 0.05) is 6.07 Å². The van der Waals surface area contributed by atoms with Gasteiger partial charge in [-0.2, -0.15) is 0 Å². The number of ether oxygens (including phenoxy) is 2. The quantitative estimate of drug-likeness (QED) is 0.673. The van der Waals surface area contributed by atoms with E-state index in [0.717, 1.165) is 35.4 Å². The van der Waals surface area contributed by atoms with Gasteiger partial charge in [0.2, 0.25) is 15.9 Å². The fraction of sp³-hybridized carbons (Fsp3) is 0.435. The number of amides is 1. The minimum absolute atomic E-state index is 0.247. The first-order valence-electron chi connectivity index (χ1n) is 10.3. The molecule has 2 aromatic carbocycles. The van der Waals surface area contributed by atoms with Crippen molar-refractivity contribution >= 4 is 21.6 Å². The monoisotopic (exact) mass is 446 g/mol. The fourth-order valence-corrected chi connectivity index (χ4v) is 5.20. The summed E-state index contributed by atoms with van der Waals surface area (Å²) in [6, 6.07) is 9.87. The number of nitrogens with one attached hydrogen (secondary N) is 1. The summed E-state index contributed by atoms with van der Waals surface area (Å²) in [7, 11) is -0.850. The number of benzene rings is 2. The molecule has 0 unspecified atom stereocenters. The number of hydrogen-bond acceptors (Lipinski definition) is 5. The SMILES string of the molecule is COc1ccc(OC)c(N([C@@H](C)C(=O)N[C@@H](C)c2ccc3c(c2)CCC3)S(C)(=O)=O)c1. The van der Waals surface area contributed by atoms with Crippen molar-refractivity contribution in [1.82, 2.24) is 5.32 Å². The van der Waals surface area contributed by atoms with Gasteiger partial charge in [-0.3, -0.25) is 9.10 Å². The highest BCUT2D eigenvalue weighted by molar-refractivity contribution is 7.92.